The summed E-state index contributed by atoms with van der Waals surface area (Å²) < 4.78 is 18.9. The molecule has 1 aromatic carbocycles. The van der Waals surface area contributed by atoms with Crippen LogP contribution in [-0.4, -0.2) is 54.7 Å². The van der Waals surface area contributed by atoms with Gasteiger partial charge in [0.15, 0.2) is 0 Å². The van der Waals surface area contributed by atoms with Gasteiger partial charge in [-0.1, -0.05) is 12.1 Å². The molecule has 0 bridgehead atoms. The number of nitrogens with zero attached hydrogens (tertiary/aromatic N) is 2. The smallest absolute Gasteiger partial charge is 0.123 e. The Morgan fingerprint density at radius 2 is 1.86 bits per heavy atom. The quantitative estimate of drug-likeness (QED) is 0.600. The number of likely N-dealkylation sites (tertiary alicyclic amines) is 1. The van der Waals surface area contributed by atoms with Crippen molar-refractivity contribution in [1.82, 2.24) is 9.80 Å². The van der Waals surface area contributed by atoms with E-state index in [1.54, 1.807) is 12.1 Å². The first kappa shape index (κ1) is 20.3. The summed E-state index contributed by atoms with van der Waals surface area (Å²) in [5.41, 5.74) is 1.25. The normalized spacial score (nSPS) is 30.9. The molecule has 3 aliphatic rings. The number of rotatable bonds is 8. The van der Waals surface area contributed by atoms with E-state index in [2.05, 4.69) is 16.7 Å². The molecule has 0 amide bonds. The summed E-state index contributed by atoms with van der Waals surface area (Å²) in [7, 11) is 0. The van der Waals surface area contributed by atoms with Crippen molar-refractivity contribution in [3.63, 3.8) is 0 Å². The van der Waals surface area contributed by atoms with Gasteiger partial charge in [-0.3, -0.25) is 9.80 Å². The molecule has 0 unspecified atom stereocenters. The second-order valence-electron chi connectivity index (χ2n) is 9.05. The first-order chi connectivity index (χ1) is 13.8. The third-order valence-corrected chi connectivity index (χ3v) is 7.32. The molecule has 0 saturated carbocycles. The highest BCUT2D eigenvalue weighted by atomic mass is 19.1. The van der Waals surface area contributed by atoms with Gasteiger partial charge in [-0.25, -0.2) is 4.39 Å². The van der Waals surface area contributed by atoms with E-state index in [9.17, 15) is 4.39 Å². The van der Waals surface area contributed by atoms with E-state index in [0.29, 0.717) is 6.04 Å². The van der Waals surface area contributed by atoms with Crippen LogP contribution in [0.5, 0.6) is 0 Å². The van der Waals surface area contributed by atoms with Crippen LogP contribution in [0.3, 0.4) is 0 Å². The van der Waals surface area contributed by atoms with Gasteiger partial charge in [0, 0.05) is 38.4 Å². The lowest BCUT2D eigenvalue weighted by Gasteiger charge is -2.57. The Balaban J connectivity index is 1.48. The maximum atomic E-state index is 13.4. The number of benzene rings is 1. The summed E-state index contributed by atoms with van der Waals surface area (Å²) in [6, 6.07) is 8.64. The Kier molecular flexibility index (Phi) is 7.03. The number of hydrogen-bond acceptors (Lipinski definition) is 3. The maximum Gasteiger partial charge on any atom is 0.123 e. The molecule has 0 N–H and O–H groups in total. The molecule has 3 heterocycles. The third kappa shape index (κ3) is 4.60. The van der Waals surface area contributed by atoms with Gasteiger partial charge in [-0.05, 0) is 94.5 Å². The first-order valence-corrected chi connectivity index (χ1v) is 11.6. The van der Waals surface area contributed by atoms with Gasteiger partial charge >= 0.3 is 0 Å². The molecule has 3 saturated heterocycles. The van der Waals surface area contributed by atoms with E-state index in [0.717, 1.165) is 37.6 Å². The summed E-state index contributed by atoms with van der Waals surface area (Å²) in [6.45, 7) is 8.59. The van der Waals surface area contributed by atoms with E-state index in [4.69, 9.17) is 4.74 Å². The van der Waals surface area contributed by atoms with Gasteiger partial charge in [0.05, 0.1) is 0 Å². The van der Waals surface area contributed by atoms with Gasteiger partial charge < -0.3 is 4.74 Å². The lowest BCUT2D eigenvalue weighted by atomic mass is 9.69. The van der Waals surface area contributed by atoms with Crippen LogP contribution in [0.4, 0.5) is 4.39 Å². The standard InChI is InChI=1S/C24H37FN2O/c1-2-28-16-4-3-9-23-22-8-6-15-26-14-5-7-20(24(22)26)18-27(23)17-19-10-12-21(25)13-11-19/h10-13,20,22-24H,2-9,14-18H2,1H3/t20-,22-,23-,24+/m1/s1. The van der Waals surface area contributed by atoms with Crippen LogP contribution in [0.1, 0.15) is 57.4 Å². The first-order valence-electron chi connectivity index (χ1n) is 11.6. The van der Waals surface area contributed by atoms with E-state index in [1.165, 1.54) is 70.1 Å². The summed E-state index contributed by atoms with van der Waals surface area (Å²) >= 11 is 0. The van der Waals surface area contributed by atoms with Gasteiger partial charge in [0.2, 0.25) is 0 Å². The fourth-order valence-corrected chi connectivity index (χ4v) is 6.19. The minimum absolute atomic E-state index is 0.134. The fourth-order valence-electron chi connectivity index (χ4n) is 6.19. The lowest BCUT2D eigenvalue weighted by molar-refractivity contribution is -0.0813. The van der Waals surface area contributed by atoms with Crippen molar-refractivity contribution < 1.29 is 9.13 Å². The number of piperidine rings is 3. The average molecular weight is 389 g/mol. The molecule has 3 aliphatic heterocycles. The fraction of sp³-hybridized carbons (Fsp3) is 0.750. The Labute approximate surface area is 170 Å². The highest BCUT2D eigenvalue weighted by Gasteiger charge is 2.48. The highest BCUT2D eigenvalue weighted by Crippen LogP contribution is 2.43. The Bertz CT molecular complexity index is 605. The van der Waals surface area contributed by atoms with Crippen molar-refractivity contribution in [1.29, 1.82) is 0 Å². The molecule has 156 valence electrons. The third-order valence-electron chi connectivity index (χ3n) is 7.32. The molecule has 3 fully saturated rings. The zero-order chi connectivity index (χ0) is 19.3. The van der Waals surface area contributed by atoms with Crippen molar-refractivity contribution in [2.75, 3.05) is 32.8 Å². The van der Waals surface area contributed by atoms with Gasteiger partial charge in [-0.2, -0.15) is 0 Å². The number of hydrogen-bond donors (Lipinski definition) is 0. The molecular formula is C24H37FN2O. The van der Waals surface area contributed by atoms with Gasteiger partial charge in [-0.15, -0.1) is 0 Å². The molecule has 0 aromatic heterocycles. The van der Waals surface area contributed by atoms with Crippen molar-refractivity contribution >= 4 is 0 Å². The Hall–Kier alpha value is -0.970. The molecule has 1 aromatic rings. The predicted octanol–water partition coefficient (Wildman–Crippen LogP) is 4.71. The Morgan fingerprint density at radius 3 is 2.64 bits per heavy atom. The minimum Gasteiger partial charge on any atom is -0.382 e. The predicted molar refractivity (Wildman–Crippen MR) is 112 cm³/mol. The second kappa shape index (κ2) is 9.69. The lowest BCUT2D eigenvalue weighted by Crippen LogP contribution is -2.64. The van der Waals surface area contributed by atoms with Crippen LogP contribution in [0.2, 0.25) is 0 Å². The van der Waals surface area contributed by atoms with Crippen molar-refractivity contribution in [3.05, 3.63) is 35.6 Å². The van der Waals surface area contributed by atoms with Crippen LogP contribution >= 0.6 is 0 Å². The van der Waals surface area contributed by atoms with Gasteiger partial charge in [0.1, 0.15) is 5.82 Å². The van der Waals surface area contributed by atoms with Crippen molar-refractivity contribution in [2.24, 2.45) is 11.8 Å². The summed E-state index contributed by atoms with van der Waals surface area (Å²) in [5, 5.41) is 0. The monoisotopic (exact) mass is 388 g/mol. The number of unbranched alkanes of at least 4 members (excludes halogenated alkanes) is 1. The molecule has 0 radical (unpaired) electrons. The summed E-state index contributed by atoms with van der Waals surface area (Å²) in [4.78, 5) is 5.58. The average Bonchev–Trinajstić information content (AvgIpc) is 2.71. The molecule has 0 aliphatic carbocycles. The Morgan fingerprint density at radius 1 is 1.07 bits per heavy atom. The summed E-state index contributed by atoms with van der Waals surface area (Å²) in [6.07, 6.45) is 9.17. The molecule has 0 spiro atoms. The molecule has 4 atom stereocenters. The molecular weight excluding hydrogens is 351 g/mol. The largest absolute Gasteiger partial charge is 0.382 e. The van der Waals surface area contributed by atoms with Crippen molar-refractivity contribution in [3.8, 4) is 0 Å². The van der Waals surface area contributed by atoms with Gasteiger partial charge in [0.25, 0.3) is 0 Å². The van der Waals surface area contributed by atoms with Crippen LogP contribution < -0.4 is 0 Å². The zero-order valence-electron chi connectivity index (χ0n) is 17.5. The number of halogens is 1. The highest BCUT2D eigenvalue weighted by molar-refractivity contribution is 5.17. The van der Waals surface area contributed by atoms with Crippen molar-refractivity contribution in [2.45, 2.75) is 70.5 Å². The summed E-state index contributed by atoms with van der Waals surface area (Å²) in [5.74, 6) is 1.49. The molecule has 28 heavy (non-hydrogen) atoms. The maximum absolute atomic E-state index is 13.4. The molecule has 3 nitrogen and oxygen atoms in total. The van der Waals surface area contributed by atoms with E-state index in [-0.39, 0.29) is 5.82 Å². The van der Waals surface area contributed by atoms with E-state index < -0.39 is 0 Å². The van der Waals surface area contributed by atoms with Crippen LogP contribution in [0.15, 0.2) is 24.3 Å². The topological polar surface area (TPSA) is 15.7 Å². The van der Waals surface area contributed by atoms with E-state index >= 15 is 0 Å². The minimum atomic E-state index is -0.134. The van der Waals surface area contributed by atoms with Crippen LogP contribution in [0.25, 0.3) is 0 Å². The molecule has 4 rings (SSSR count). The van der Waals surface area contributed by atoms with E-state index in [1.807, 2.05) is 12.1 Å². The SMILES string of the molecule is CCOCCCC[C@@H]1[C@H]2CCCN3CCC[C@H](CN1Cc1ccc(F)cc1)[C@@H]23. The zero-order valence-corrected chi connectivity index (χ0v) is 17.5. The van der Waals surface area contributed by atoms with Crippen LogP contribution in [-0.2, 0) is 11.3 Å². The molecule has 4 heteroatoms. The number of ether oxygens (including phenoxy) is 1. The van der Waals surface area contributed by atoms with Crippen LogP contribution in [0, 0.1) is 17.7 Å². The second-order valence-corrected chi connectivity index (χ2v) is 9.05.